The van der Waals surface area contributed by atoms with E-state index in [-0.39, 0.29) is 25.6 Å². The van der Waals surface area contributed by atoms with E-state index in [0.717, 1.165) is 18.3 Å². The summed E-state index contributed by atoms with van der Waals surface area (Å²) in [5.74, 6) is -7.20. The molecule has 0 aliphatic heterocycles. The summed E-state index contributed by atoms with van der Waals surface area (Å²) >= 11 is 5.67. The van der Waals surface area contributed by atoms with Crippen molar-refractivity contribution in [1.29, 1.82) is 0 Å². The number of benzene rings is 1. The molecule has 8 nitrogen and oxygen atoms in total. The van der Waals surface area contributed by atoms with E-state index in [1.165, 1.54) is 6.07 Å². The van der Waals surface area contributed by atoms with Gasteiger partial charge in [-0.3, -0.25) is 10.1 Å². The molecule has 0 spiro atoms. The molecule has 3 rings (SSSR count). The van der Waals surface area contributed by atoms with Crippen LogP contribution in [0.15, 0.2) is 24.4 Å². The van der Waals surface area contributed by atoms with Crippen molar-refractivity contribution < 1.29 is 40.0 Å². The topological polar surface area (TPSA) is 91.7 Å². The Bertz CT molecular complexity index is 1200. The highest BCUT2D eigenvalue weighted by molar-refractivity contribution is 6.32. The van der Waals surface area contributed by atoms with E-state index in [9.17, 15) is 45.2 Å². The highest BCUT2D eigenvalue weighted by Crippen LogP contribution is 2.49. The minimum atomic E-state index is -6.35. The maximum Gasteiger partial charge on any atom is 0.459 e. The Labute approximate surface area is 176 Å². The molecular formula is C15H7ClF8N6O2. The van der Waals surface area contributed by atoms with Gasteiger partial charge in [-0.2, -0.15) is 40.2 Å². The summed E-state index contributed by atoms with van der Waals surface area (Å²) in [7, 11) is 0.703. The quantitative estimate of drug-likeness (QED) is 0.295. The van der Waals surface area contributed by atoms with Gasteiger partial charge in [-0.15, -0.1) is 5.10 Å². The van der Waals surface area contributed by atoms with Crippen LogP contribution in [-0.2, 0) is 19.1 Å². The normalized spacial score (nSPS) is 12.9. The van der Waals surface area contributed by atoms with Crippen LogP contribution in [0.5, 0.6) is 0 Å². The molecule has 0 N–H and O–H groups in total. The van der Waals surface area contributed by atoms with Crippen molar-refractivity contribution in [3.8, 4) is 17.1 Å². The largest absolute Gasteiger partial charge is 0.459 e. The summed E-state index contributed by atoms with van der Waals surface area (Å²) in [6, 6.07) is 3.23. The molecule has 0 aliphatic rings. The second-order valence-electron chi connectivity index (χ2n) is 6.21. The first kappa shape index (κ1) is 23.4. The zero-order valence-corrected chi connectivity index (χ0v) is 16.0. The molecule has 0 aliphatic carbocycles. The minimum absolute atomic E-state index is 0.0380. The Balaban J connectivity index is 2.20. The highest BCUT2D eigenvalue weighted by Gasteiger charge is 2.64. The van der Waals surface area contributed by atoms with E-state index in [1.54, 1.807) is 0 Å². The summed E-state index contributed by atoms with van der Waals surface area (Å²) in [5, 5.41) is 20.3. The number of rotatable bonds is 4. The van der Waals surface area contributed by atoms with Crippen LogP contribution in [0.1, 0.15) is 11.3 Å². The average molecular weight is 491 g/mol. The lowest BCUT2D eigenvalue weighted by molar-refractivity contribution is -0.384. The molecule has 0 unspecified atom stereocenters. The van der Waals surface area contributed by atoms with Gasteiger partial charge in [0.1, 0.15) is 16.3 Å². The molecule has 32 heavy (non-hydrogen) atoms. The summed E-state index contributed by atoms with van der Waals surface area (Å²) < 4.78 is 107. The fourth-order valence-corrected chi connectivity index (χ4v) is 2.89. The number of aromatic nitrogens is 5. The van der Waals surface area contributed by atoms with Gasteiger partial charge in [0, 0.05) is 18.7 Å². The second kappa shape index (κ2) is 7.39. The van der Waals surface area contributed by atoms with Crippen molar-refractivity contribution in [2.24, 2.45) is 7.05 Å². The molecule has 172 valence electrons. The van der Waals surface area contributed by atoms with Crippen LogP contribution in [0.2, 0.25) is 5.02 Å². The van der Waals surface area contributed by atoms with Gasteiger partial charge in [-0.25, -0.2) is 9.36 Å². The predicted molar refractivity (Wildman–Crippen MR) is 90.2 cm³/mol. The Morgan fingerprint density at radius 3 is 2.25 bits per heavy atom. The molecule has 2 heterocycles. The van der Waals surface area contributed by atoms with Gasteiger partial charge < -0.3 is 0 Å². The SMILES string of the molecule is Cn1nc(C(F)(F)C(F)(F)F)c(C(F)(F)F)c1-n1cc(-c2ccc(Cl)c([N+](=O)[O-])c2)nn1. The van der Waals surface area contributed by atoms with E-state index < -0.39 is 46.0 Å². The molecule has 0 saturated carbocycles. The average Bonchev–Trinajstić information content (AvgIpc) is 3.25. The van der Waals surface area contributed by atoms with Crippen molar-refractivity contribution in [3.63, 3.8) is 0 Å². The fourth-order valence-electron chi connectivity index (χ4n) is 2.70. The lowest BCUT2D eigenvalue weighted by Gasteiger charge is -2.19. The zero-order chi connectivity index (χ0) is 24.2. The maximum absolute atomic E-state index is 13.8. The molecule has 0 atom stereocenters. The van der Waals surface area contributed by atoms with Crippen molar-refractivity contribution in [2.75, 3.05) is 0 Å². The van der Waals surface area contributed by atoms with E-state index in [1.807, 2.05) is 0 Å². The summed E-state index contributed by atoms with van der Waals surface area (Å²) in [6.07, 6.45) is -11.3. The van der Waals surface area contributed by atoms with Gasteiger partial charge in [0.2, 0.25) is 0 Å². The van der Waals surface area contributed by atoms with Crippen LogP contribution >= 0.6 is 11.6 Å². The maximum atomic E-state index is 13.8. The van der Waals surface area contributed by atoms with Crippen molar-refractivity contribution in [1.82, 2.24) is 24.8 Å². The molecule has 2 aromatic heterocycles. The highest BCUT2D eigenvalue weighted by atomic mass is 35.5. The molecule has 0 saturated heterocycles. The predicted octanol–water partition coefficient (Wildman–Crippen LogP) is 4.90. The first-order chi connectivity index (χ1) is 14.6. The van der Waals surface area contributed by atoms with Gasteiger partial charge in [0.05, 0.1) is 11.1 Å². The number of nitro benzene ring substituents is 1. The summed E-state index contributed by atoms with van der Waals surface area (Å²) in [4.78, 5) is 10.1. The van der Waals surface area contributed by atoms with Crippen LogP contribution in [0.4, 0.5) is 40.8 Å². The minimum Gasteiger partial charge on any atom is -0.258 e. The molecule has 0 fully saturated rings. The fraction of sp³-hybridized carbons (Fsp3) is 0.267. The summed E-state index contributed by atoms with van der Waals surface area (Å²) in [6.45, 7) is 0. The van der Waals surface area contributed by atoms with Crippen molar-refractivity contribution in [3.05, 3.63) is 50.8 Å². The third-order valence-corrected chi connectivity index (χ3v) is 4.42. The van der Waals surface area contributed by atoms with Crippen molar-refractivity contribution in [2.45, 2.75) is 18.3 Å². The van der Waals surface area contributed by atoms with Crippen LogP contribution in [0, 0.1) is 10.1 Å². The van der Waals surface area contributed by atoms with E-state index in [0.29, 0.717) is 7.05 Å². The third kappa shape index (κ3) is 3.85. The number of aryl methyl sites for hydroxylation is 1. The number of alkyl halides is 8. The van der Waals surface area contributed by atoms with Crippen molar-refractivity contribution >= 4 is 17.3 Å². The van der Waals surface area contributed by atoms with Gasteiger partial charge in [0.15, 0.2) is 11.5 Å². The molecular weight excluding hydrogens is 484 g/mol. The molecule has 0 bridgehead atoms. The van der Waals surface area contributed by atoms with Gasteiger partial charge in [0.25, 0.3) is 5.69 Å². The molecule has 1 aromatic carbocycles. The van der Waals surface area contributed by atoms with Gasteiger partial charge >= 0.3 is 18.3 Å². The Morgan fingerprint density at radius 2 is 1.72 bits per heavy atom. The zero-order valence-electron chi connectivity index (χ0n) is 15.2. The lowest BCUT2D eigenvalue weighted by Crippen LogP contribution is -2.36. The van der Waals surface area contributed by atoms with Crippen LogP contribution in [0.25, 0.3) is 17.1 Å². The van der Waals surface area contributed by atoms with Crippen LogP contribution in [0.3, 0.4) is 0 Å². The smallest absolute Gasteiger partial charge is 0.258 e. The number of nitro groups is 1. The lowest BCUT2D eigenvalue weighted by atomic mass is 10.1. The second-order valence-corrected chi connectivity index (χ2v) is 6.62. The number of hydrogen-bond acceptors (Lipinski definition) is 5. The summed E-state index contributed by atoms with van der Waals surface area (Å²) in [5.41, 5.74) is -5.80. The standard InChI is InChI=1S/C15H7ClF8N6O2/c1-28-12(10(14(19,20)21)11(26-28)13(17,18)15(22,23)24)29-5-8(25-27-29)6-2-3-7(16)9(4-6)30(31)32/h2-5H,1H3. The number of nitrogens with zero attached hydrogens (tertiary/aromatic N) is 6. The van der Waals surface area contributed by atoms with E-state index >= 15 is 0 Å². The Morgan fingerprint density at radius 1 is 1.09 bits per heavy atom. The van der Waals surface area contributed by atoms with Gasteiger partial charge in [-0.05, 0) is 6.07 Å². The van der Waals surface area contributed by atoms with Crippen LogP contribution in [-0.4, -0.2) is 35.9 Å². The van der Waals surface area contributed by atoms with E-state index in [4.69, 9.17) is 11.6 Å². The van der Waals surface area contributed by atoms with Gasteiger partial charge in [-0.1, -0.05) is 22.9 Å². The number of hydrogen-bond donors (Lipinski definition) is 0. The van der Waals surface area contributed by atoms with E-state index in [2.05, 4.69) is 15.4 Å². The Hall–Kier alpha value is -3.30. The number of halogens is 9. The molecule has 0 radical (unpaired) electrons. The first-order valence-corrected chi connectivity index (χ1v) is 8.39. The monoisotopic (exact) mass is 490 g/mol. The first-order valence-electron chi connectivity index (χ1n) is 8.02. The third-order valence-electron chi connectivity index (χ3n) is 4.10. The molecule has 17 heteroatoms. The molecule has 3 aromatic rings. The van der Waals surface area contributed by atoms with Crippen LogP contribution < -0.4 is 0 Å². The Kier molecular flexibility index (Phi) is 5.39. The molecule has 0 amide bonds.